The summed E-state index contributed by atoms with van der Waals surface area (Å²) in [5, 5.41) is 13.1. The topological polar surface area (TPSA) is 41.5 Å². The Balaban J connectivity index is 1.92. The van der Waals surface area contributed by atoms with E-state index in [0.717, 1.165) is 0 Å². The molecular weight excluding hydrogens is 257 g/mol. The first-order valence-electron chi connectivity index (χ1n) is 7.23. The third-order valence-corrected chi connectivity index (χ3v) is 3.68. The number of halogens is 1. The van der Waals surface area contributed by atoms with E-state index in [2.05, 4.69) is 5.32 Å². The third kappa shape index (κ3) is 4.18. The highest BCUT2D eigenvalue weighted by molar-refractivity contribution is 5.29. The Morgan fingerprint density at radius 2 is 2.20 bits per heavy atom. The average Bonchev–Trinajstić information content (AvgIpc) is 3.17. The molecule has 1 aliphatic rings. The molecule has 0 radical (unpaired) electrons. The molecule has 3 nitrogen and oxygen atoms in total. The second kappa shape index (κ2) is 6.10. The maximum absolute atomic E-state index is 13.2. The average molecular weight is 281 g/mol. The maximum atomic E-state index is 13.2. The normalized spacial score (nSPS) is 19.4. The maximum Gasteiger partial charge on any atom is 0.126 e. The lowest BCUT2D eigenvalue weighted by atomic mass is 9.95. The molecule has 0 spiro atoms. The Morgan fingerprint density at radius 3 is 2.75 bits per heavy atom. The second-order valence-corrected chi connectivity index (χ2v) is 6.18. The number of hydrogen-bond acceptors (Lipinski definition) is 3. The highest BCUT2D eigenvalue weighted by Gasteiger charge is 2.33. The molecule has 0 bridgehead atoms. The summed E-state index contributed by atoms with van der Waals surface area (Å²) < 4.78 is 19.0. The first-order valence-corrected chi connectivity index (χ1v) is 7.23. The number of nitrogens with one attached hydrogen (secondary N) is 1. The zero-order valence-electron chi connectivity index (χ0n) is 12.4. The molecule has 1 fully saturated rings. The highest BCUT2D eigenvalue weighted by Crippen LogP contribution is 2.26. The van der Waals surface area contributed by atoms with Gasteiger partial charge >= 0.3 is 0 Å². The molecule has 2 rings (SSSR count). The zero-order valence-corrected chi connectivity index (χ0v) is 12.4. The van der Waals surface area contributed by atoms with E-state index >= 15 is 0 Å². The number of ether oxygens (including phenoxy) is 1. The Hall–Kier alpha value is -1.13. The number of benzene rings is 1. The van der Waals surface area contributed by atoms with Gasteiger partial charge in [0.2, 0.25) is 0 Å². The van der Waals surface area contributed by atoms with E-state index in [9.17, 15) is 9.50 Å². The van der Waals surface area contributed by atoms with E-state index in [-0.39, 0.29) is 24.1 Å². The standard InChI is InChI=1S/C16H24FNO2/c1-11-8-14(6-7-15(11)17)20-12(2)9-16(3,10-19)18-13-4-5-13/h6-8,12-13,18-19H,4-5,9-10H2,1-3H3. The van der Waals surface area contributed by atoms with Crippen molar-refractivity contribution >= 4 is 0 Å². The number of aliphatic hydroxyl groups is 1. The predicted molar refractivity (Wildman–Crippen MR) is 77.5 cm³/mol. The van der Waals surface area contributed by atoms with Crippen molar-refractivity contribution in [2.75, 3.05) is 6.61 Å². The molecule has 20 heavy (non-hydrogen) atoms. The number of aryl methyl sites for hydroxylation is 1. The molecule has 1 aromatic rings. The van der Waals surface area contributed by atoms with Gasteiger partial charge in [-0.3, -0.25) is 0 Å². The minimum absolute atomic E-state index is 0.0525. The monoisotopic (exact) mass is 281 g/mol. The summed E-state index contributed by atoms with van der Waals surface area (Å²) in [4.78, 5) is 0. The molecule has 2 atom stereocenters. The molecule has 4 heteroatoms. The summed E-state index contributed by atoms with van der Waals surface area (Å²) in [6.45, 7) is 5.79. The van der Waals surface area contributed by atoms with Gasteiger partial charge in [0, 0.05) is 18.0 Å². The van der Waals surface area contributed by atoms with Gasteiger partial charge in [-0.1, -0.05) is 0 Å². The van der Waals surface area contributed by atoms with Crippen LogP contribution in [-0.4, -0.2) is 29.4 Å². The molecule has 0 aliphatic heterocycles. The molecule has 112 valence electrons. The van der Waals surface area contributed by atoms with Crippen molar-refractivity contribution in [3.8, 4) is 5.75 Å². The van der Waals surface area contributed by atoms with Gasteiger partial charge in [-0.05, 0) is 57.4 Å². The van der Waals surface area contributed by atoms with Crippen molar-refractivity contribution in [2.45, 2.75) is 57.7 Å². The molecule has 0 heterocycles. The minimum atomic E-state index is -0.324. The Kier molecular flexibility index (Phi) is 4.66. The molecule has 0 aromatic heterocycles. The van der Waals surface area contributed by atoms with Crippen molar-refractivity contribution in [3.05, 3.63) is 29.6 Å². The molecule has 1 aromatic carbocycles. The first kappa shape index (κ1) is 15.3. The quantitative estimate of drug-likeness (QED) is 0.807. The molecule has 1 saturated carbocycles. The van der Waals surface area contributed by atoms with Crippen LogP contribution in [0.4, 0.5) is 4.39 Å². The van der Waals surface area contributed by atoms with Crippen molar-refractivity contribution in [3.63, 3.8) is 0 Å². The molecule has 0 amide bonds. The Morgan fingerprint density at radius 1 is 1.50 bits per heavy atom. The Labute approximate surface area is 120 Å². The molecule has 2 unspecified atom stereocenters. The summed E-state index contributed by atoms with van der Waals surface area (Å²) in [5.74, 6) is 0.448. The number of hydrogen-bond donors (Lipinski definition) is 2. The molecule has 1 aliphatic carbocycles. The van der Waals surface area contributed by atoms with Crippen molar-refractivity contribution in [2.24, 2.45) is 0 Å². The summed E-state index contributed by atoms with van der Waals surface area (Å²) in [6, 6.07) is 5.30. The van der Waals surface area contributed by atoms with E-state index in [4.69, 9.17) is 4.74 Å². The Bertz CT molecular complexity index is 462. The van der Waals surface area contributed by atoms with Crippen LogP contribution in [0.2, 0.25) is 0 Å². The SMILES string of the molecule is Cc1cc(OC(C)CC(C)(CO)NC2CC2)ccc1F. The van der Waals surface area contributed by atoms with Crippen LogP contribution in [0.5, 0.6) is 5.75 Å². The minimum Gasteiger partial charge on any atom is -0.491 e. The fraction of sp³-hybridized carbons (Fsp3) is 0.625. The van der Waals surface area contributed by atoms with Crippen molar-refractivity contribution < 1.29 is 14.2 Å². The van der Waals surface area contributed by atoms with Gasteiger partial charge in [0.05, 0.1) is 12.7 Å². The van der Waals surface area contributed by atoms with E-state index in [1.165, 1.54) is 18.9 Å². The summed E-state index contributed by atoms with van der Waals surface area (Å²) >= 11 is 0. The zero-order chi connectivity index (χ0) is 14.8. The lowest BCUT2D eigenvalue weighted by Crippen LogP contribution is -2.49. The number of rotatable bonds is 7. The van der Waals surface area contributed by atoms with E-state index in [0.29, 0.717) is 23.8 Å². The van der Waals surface area contributed by atoms with Crippen molar-refractivity contribution in [1.29, 1.82) is 0 Å². The second-order valence-electron chi connectivity index (χ2n) is 6.18. The van der Waals surface area contributed by atoms with Crippen LogP contribution in [0.1, 0.15) is 38.7 Å². The van der Waals surface area contributed by atoms with Crippen LogP contribution in [0.25, 0.3) is 0 Å². The van der Waals surface area contributed by atoms with E-state index < -0.39 is 0 Å². The lowest BCUT2D eigenvalue weighted by Gasteiger charge is -2.32. The summed E-state index contributed by atoms with van der Waals surface area (Å²) in [5.41, 5.74) is 0.256. The highest BCUT2D eigenvalue weighted by atomic mass is 19.1. The van der Waals surface area contributed by atoms with Gasteiger partial charge in [0.25, 0.3) is 0 Å². The smallest absolute Gasteiger partial charge is 0.126 e. The summed E-state index contributed by atoms with van der Waals surface area (Å²) in [6.07, 6.45) is 3.02. The van der Waals surface area contributed by atoms with Gasteiger partial charge in [-0.2, -0.15) is 0 Å². The third-order valence-electron chi connectivity index (χ3n) is 3.68. The van der Waals surface area contributed by atoms with Crippen LogP contribution < -0.4 is 10.1 Å². The molecule has 0 saturated heterocycles. The van der Waals surface area contributed by atoms with Crippen LogP contribution >= 0.6 is 0 Å². The van der Waals surface area contributed by atoms with Gasteiger partial charge < -0.3 is 15.2 Å². The fourth-order valence-electron chi connectivity index (χ4n) is 2.49. The molecular formula is C16H24FNO2. The van der Waals surface area contributed by atoms with Crippen LogP contribution in [0.15, 0.2) is 18.2 Å². The van der Waals surface area contributed by atoms with Crippen molar-refractivity contribution in [1.82, 2.24) is 5.32 Å². The van der Waals surface area contributed by atoms with Gasteiger partial charge in [-0.25, -0.2) is 4.39 Å². The fourth-order valence-corrected chi connectivity index (χ4v) is 2.49. The first-order chi connectivity index (χ1) is 9.42. The van der Waals surface area contributed by atoms with Crippen LogP contribution in [0.3, 0.4) is 0 Å². The number of aliphatic hydroxyl groups excluding tert-OH is 1. The van der Waals surface area contributed by atoms with Crippen LogP contribution in [-0.2, 0) is 0 Å². The lowest BCUT2D eigenvalue weighted by molar-refractivity contribution is 0.108. The molecule has 2 N–H and O–H groups in total. The van der Waals surface area contributed by atoms with Gasteiger partial charge in [0.15, 0.2) is 0 Å². The largest absolute Gasteiger partial charge is 0.491 e. The van der Waals surface area contributed by atoms with Gasteiger partial charge in [0.1, 0.15) is 11.6 Å². The van der Waals surface area contributed by atoms with Gasteiger partial charge in [-0.15, -0.1) is 0 Å². The van der Waals surface area contributed by atoms with Crippen LogP contribution in [0, 0.1) is 12.7 Å². The predicted octanol–water partition coefficient (Wildman–Crippen LogP) is 2.79. The summed E-state index contributed by atoms with van der Waals surface area (Å²) in [7, 11) is 0. The van der Waals surface area contributed by atoms with E-state index in [1.54, 1.807) is 19.1 Å². The van der Waals surface area contributed by atoms with E-state index in [1.807, 2.05) is 13.8 Å².